The molecule has 0 aliphatic carbocycles. The molecule has 0 saturated carbocycles. The minimum absolute atomic E-state index is 0.260. The molecule has 9 heteroatoms. The molecular weight excluding hydrogens is 415 g/mol. The Kier molecular flexibility index (Phi) is 5.19. The van der Waals surface area contributed by atoms with Gasteiger partial charge in [-0.05, 0) is 37.3 Å². The number of benzene rings is 2. The van der Waals surface area contributed by atoms with E-state index in [1.165, 1.54) is 16.6 Å². The number of halogens is 3. The van der Waals surface area contributed by atoms with Crippen molar-refractivity contribution in [2.75, 3.05) is 31.1 Å². The fourth-order valence-corrected chi connectivity index (χ4v) is 5.04. The lowest BCUT2D eigenvalue weighted by molar-refractivity contribution is -0.137. The smallest absolute Gasteiger partial charge is 0.368 e. The number of nitrogens with zero attached hydrogens (tertiary/aromatic N) is 3. The Morgan fingerprint density at radius 3 is 2.23 bits per heavy atom. The lowest BCUT2D eigenvalue weighted by Crippen LogP contribution is -2.48. The Bertz CT molecular complexity index is 1170. The van der Waals surface area contributed by atoms with Crippen LogP contribution < -0.4 is 4.90 Å². The summed E-state index contributed by atoms with van der Waals surface area (Å²) in [6.07, 6.45) is -2.95. The third-order valence-corrected chi connectivity index (χ3v) is 7.20. The normalized spacial score (nSPS) is 16.2. The van der Waals surface area contributed by atoms with Crippen LogP contribution in [0.1, 0.15) is 11.1 Å². The van der Waals surface area contributed by atoms with Crippen LogP contribution in [-0.2, 0) is 16.2 Å². The summed E-state index contributed by atoms with van der Waals surface area (Å²) in [7, 11) is -3.58. The zero-order chi connectivity index (χ0) is 21.5. The zero-order valence-electron chi connectivity index (χ0n) is 16.2. The minimum Gasteiger partial charge on any atom is -0.368 e. The number of aromatic nitrogens is 1. The number of pyridine rings is 1. The summed E-state index contributed by atoms with van der Waals surface area (Å²) in [6, 6.07) is 12.0. The highest BCUT2D eigenvalue weighted by atomic mass is 32.2. The maximum atomic E-state index is 13.0. The molecule has 1 aliphatic rings. The number of aryl methyl sites for hydroxylation is 1. The van der Waals surface area contributed by atoms with E-state index in [0.29, 0.717) is 31.6 Å². The first-order valence-electron chi connectivity index (χ1n) is 9.44. The second kappa shape index (κ2) is 7.55. The number of rotatable bonds is 3. The van der Waals surface area contributed by atoms with E-state index in [1.54, 1.807) is 30.3 Å². The van der Waals surface area contributed by atoms with Gasteiger partial charge in [-0.15, -0.1) is 0 Å². The summed E-state index contributed by atoms with van der Waals surface area (Å²) in [5, 5.41) is 0.611. The molecule has 5 nitrogen and oxygen atoms in total. The van der Waals surface area contributed by atoms with E-state index >= 15 is 0 Å². The summed E-state index contributed by atoms with van der Waals surface area (Å²) >= 11 is 0. The van der Waals surface area contributed by atoms with Crippen molar-refractivity contribution >= 4 is 26.6 Å². The molecule has 0 atom stereocenters. The molecule has 1 saturated heterocycles. The number of piperazine rings is 1. The van der Waals surface area contributed by atoms with Gasteiger partial charge in [-0.1, -0.05) is 23.8 Å². The molecule has 3 aromatic rings. The Labute approximate surface area is 172 Å². The molecule has 4 rings (SSSR count). The maximum absolute atomic E-state index is 13.0. The highest BCUT2D eigenvalue weighted by Crippen LogP contribution is 2.34. The quantitative estimate of drug-likeness (QED) is 0.622. The molecule has 30 heavy (non-hydrogen) atoms. The van der Waals surface area contributed by atoms with Gasteiger partial charge in [0.05, 0.1) is 16.0 Å². The summed E-state index contributed by atoms with van der Waals surface area (Å²) in [5.41, 5.74) is 1.25. The molecular formula is C21H20F3N3O2S. The Morgan fingerprint density at radius 2 is 1.60 bits per heavy atom. The van der Waals surface area contributed by atoms with Gasteiger partial charge in [0.15, 0.2) is 0 Å². The summed E-state index contributed by atoms with van der Waals surface area (Å²) < 4.78 is 66.2. The first kappa shape index (κ1) is 20.6. The molecule has 0 amide bonds. The Hall–Kier alpha value is -2.65. The predicted molar refractivity (Wildman–Crippen MR) is 109 cm³/mol. The van der Waals surface area contributed by atoms with E-state index in [2.05, 4.69) is 4.98 Å². The lowest BCUT2D eigenvalue weighted by Gasteiger charge is -2.35. The van der Waals surface area contributed by atoms with Gasteiger partial charge >= 0.3 is 6.18 Å². The topological polar surface area (TPSA) is 53.5 Å². The number of hydrogen-bond donors (Lipinski definition) is 0. The monoisotopic (exact) mass is 435 g/mol. The number of fused-ring (bicyclic) bond motifs is 1. The Morgan fingerprint density at radius 1 is 0.933 bits per heavy atom. The predicted octanol–water partition coefficient (Wildman–Crippen LogP) is 4.07. The van der Waals surface area contributed by atoms with E-state index < -0.39 is 21.8 Å². The van der Waals surface area contributed by atoms with Crippen LogP contribution in [0.25, 0.3) is 10.9 Å². The van der Waals surface area contributed by atoms with Crippen molar-refractivity contribution < 1.29 is 21.6 Å². The van der Waals surface area contributed by atoms with Crippen LogP contribution in [0.5, 0.6) is 0 Å². The molecule has 0 spiro atoms. The van der Waals surface area contributed by atoms with Gasteiger partial charge in [0.1, 0.15) is 0 Å². The first-order valence-corrected chi connectivity index (χ1v) is 10.9. The molecule has 2 aromatic carbocycles. The highest BCUT2D eigenvalue weighted by molar-refractivity contribution is 7.89. The van der Waals surface area contributed by atoms with Crippen LogP contribution >= 0.6 is 0 Å². The third-order valence-electron chi connectivity index (χ3n) is 5.29. The van der Waals surface area contributed by atoms with E-state index in [4.69, 9.17) is 0 Å². The van der Waals surface area contributed by atoms with Crippen LogP contribution in [-0.4, -0.2) is 43.9 Å². The molecule has 0 unspecified atom stereocenters. The van der Waals surface area contributed by atoms with E-state index in [1.807, 2.05) is 11.8 Å². The van der Waals surface area contributed by atoms with Crippen LogP contribution in [0.2, 0.25) is 0 Å². The fraction of sp³-hybridized carbons (Fsp3) is 0.286. The molecule has 0 N–H and O–H groups in total. The largest absolute Gasteiger partial charge is 0.416 e. The number of alkyl halides is 3. The minimum atomic E-state index is -4.43. The summed E-state index contributed by atoms with van der Waals surface area (Å²) in [4.78, 5) is 6.32. The third kappa shape index (κ3) is 3.87. The molecule has 1 aromatic heterocycles. The second-order valence-electron chi connectivity index (χ2n) is 7.26. The van der Waals surface area contributed by atoms with Crippen molar-refractivity contribution in [3.8, 4) is 0 Å². The fourth-order valence-electron chi connectivity index (χ4n) is 3.61. The number of hydrogen-bond acceptors (Lipinski definition) is 4. The molecule has 1 fully saturated rings. The van der Waals surface area contributed by atoms with Crippen molar-refractivity contribution in [3.05, 3.63) is 65.9 Å². The van der Waals surface area contributed by atoms with Gasteiger partial charge in [0, 0.05) is 43.4 Å². The van der Waals surface area contributed by atoms with Crippen molar-refractivity contribution in [1.29, 1.82) is 0 Å². The van der Waals surface area contributed by atoms with Crippen LogP contribution in [0.15, 0.2) is 59.6 Å². The van der Waals surface area contributed by atoms with Crippen molar-refractivity contribution in [2.24, 2.45) is 0 Å². The summed E-state index contributed by atoms with van der Waals surface area (Å²) in [5.74, 6) is 0. The molecule has 2 heterocycles. The highest BCUT2D eigenvalue weighted by Gasteiger charge is 2.32. The lowest BCUT2D eigenvalue weighted by atomic mass is 10.1. The first-order chi connectivity index (χ1) is 14.2. The zero-order valence-corrected chi connectivity index (χ0v) is 17.0. The SMILES string of the molecule is Cc1ccc(S(=O)(=O)N2CCN(c3ccnc4cc(C(F)(F)F)ccc34)CC2)cc1. The van der Waals surface area contributed by atoms with E-state index in [9.17, 15) is 21.6 Å². The van der Waals surface area contributed by atoms with Crippen LogP contribution in [0.4, 0.5) is 18.9 Å². The average molecular weight is 435 g/mol. The van der Waals surface area contributed by atoms with Gasteiger partial charge in [-0.2, -0.15) is 17.5 Å². The van der Waals surface area contributed by atoms with Gasteiger partial charge in [-0.3, -0.25) is 4.98 Å². The van der Waals surface area contributed by atoms with Crippen molar-refractivity contribution in [1.82, 2.24) is 9.29 Å². The number of anilines is 1. The van der Waals surface area contributed by atoms with Gasteiger partial charge in [0.25, 0.3) is 0 Å². The van der Waals surface area contributed by atoms with Gasteiger partial charge < -0.3 is 4.90 Å². The van der Waals surface area contributed by atoms with Crippen molar-refractivity contribution in [3.63, 3.8) is 0 Å². The van der Waals surface area contributed by atoms with Crippen molar-refractivity contribution in [2.45, 2.75) is 18.0 Å². The van der Waals surface area contributed by atoms with E-state index in [0.717, 1.165) is 23.4 Å². The molecule has 0 bridgehead atoms. The van der Waals surface area contributed by atoms with E-state index in [-0.39, 0.29) is 10.4 Å². The average Bonchev–Trinajstić information content (AvgIpc) is 2.72. The summed E-state index contributed by atoms with van der Waals surface area (Å²) in [6.45, 7) is 3.35. The van der Waals surface area contributed by atoms with Gasteiger partial charge in [-0.25, -0.2) is 8.42 Å². The molecule has 158 valence electrons. The Balaban J connectivity index is 1.55. The standard InChI is InChI=1S/C21H20F3N3O2S/c1-15-2-5-17(6-3-15)30(28,29)27-12-10-26(11-13-27)20-8-9-25-19-14-16(21(22,23)24)4-7-18(19)20/h2-9,14H,10-13H2,1H3. The molecule has 1 aliphatic heterocycles. The molecule has 0 radical (unpaired) electrons. The van der Waals surface area contributed by atoms with Gasteiger partial charge in [0.2, 0.25) is 10.0 Å². The number of sulfonamides is 1. The maximum Gasteiger partial charge on any atom is 0.416 e. The van der Waals surface area contributed by atoms with Crippen LogP contribution in [0.3, 0.4) is 0 Å². The second-order valence-corrected chi connectivity index (χ2v) is 9.20. The van der Waals surface area contributed by atoms with Crippen LogP contribution in [0, 0.1) is 6.92 Å².